The van der Waals surface area contributed by atoms with Crippen molar-refractivity contribution in [2.24, 2.45) is 0 Å². The van der Waals surface area contributed by atoms with Gasteiger partial charge in [0.05, 0.1) is 5.69 Å². The molecule has 2 aliphatic heterocycles. The van der Waals surface area contributed by atoms with Crippen LogP contribution in [0.15, 0.2) is 40.8 Å². The van der Waals surface area contributed by atoms with Gasteiger partial charge in [0.25, 0.3) is 5.91 Å². The Bertz CT molecular complexity index is 877. The van der Waals surface area contributed by atoms with E-state index in [0.717, 1.165) is 49.8 Å². The molecule has 4 rings (SSSR count). The summed E-state index contributed by atoms with van der Waals surface area (Å²) in [6.45, 7) is 1.95. The fourth-order valence-corrected chi connectivity index (χ4v) is 5.88. The second kappa shape index (κ2) is 11.0. The van der Waals surface area contributed by atoms with Crippen LogP contribution in [0.25, 0.3) is 0 Å². The molecule has 6 nitrogen and oxygen atoms in total. The van der Waals surface area contributed by atoms with Crippen LogP contribution in [-0.4, -0.2) is 54.1 Å². The van der Waals surface area contributed by atoms with Crippen molar-refractivity contribution in [3.8, 4) is 0 Å². The van der Waals surface area contributed by atoms with Gasteiger partial charge >= 0.3 is 0 Å². The van der Waals surface area contributed by atoms with Gasteiger partial charge in [0, 0.05) is 24.5 Å². The zero-order chi connectivity index (χ0) is 22.3. The number of rotatable bonds is 6. The van der Waals surface area contributed by atoms with Crippen molar-refractivity contribution >= 4 is 35.2 Å². The highest BCUT2D eigenvalue weighted by Gasteiger charge is 2.40. The second-order valence-electron chi connectivity index (χ2n) is 8.84. The summed E-state index contributed by atoms with van der Waals surface area (Å²) >= 11 is 1.32. The first-order chi connectivity index (χ1) is 15.6. The number of nitrogens with zero attached hydrogens (tertiary/aromatic N) is 2. The standard InChI is InChI=1S/C25H33N3O3S/c29-22(26-15-14-19-10-4-3-5-11-19)18-28-20-12-6-7-13-21(20)32-23(25(28)31)24(30)27-16-8-1-2-9-17-27/h6-7,10,12-13,23H,1-5,8-9,11,14-18H2,(H,26,29)/t23-/m0/s1. The van der Waals surface area contributed by atoms with E-state index in [9.17, 15) is 14.4 Å². The van der Waals surface area contributed by atoms with Crippen molar-refractivity contribution in [2.45, 2.75) is 67.9 Å². The Labute approximate surface area is 194 Å². The summed E-state index contributed by atoms with van der Waals surface area (Å²) in [5, 5.41) is 2.15. The molecule has 0 saturated carbocycles. The first-order valence-electron chi connectivity index (χ1n) is 11.9. The van der Waals surface area contributed by atoms with E-state index in [1.807, 2.05) is 29.2 Å². The summed E-state index contributed by atoms with van der Waals surface area (Å²) in [5.74, 6) is -0.587. The van der Waals surface area contributed by atoms with E-state index in [2.05, 4.69) is 11.4 Å². The van der Waals surface area contributed by atoms with E-state index >= 15 is 0 Å². The Morgan fingerprint density at radius 3 is 2.56 bits per heavy atom. The first-order valence-corrected chi connectivity index (χ1v) is 12.8. The largest absolute Gasteiger partial charge is 0.354 e. The lowest BCUT2D eigenvalue weighted by Crippen LogP contribution is -2.52. The summed E-state index contributed by atoms with van der Waals surface area (Å²) in [6, 6.07) is 7.55. The Hall–Kier alpha value is -2.28. The normalized spacial score (nSPS) is 21.4. The van der Waals surface area contributed by atoms with E-state index in [1.165, 1.54) is 35.1 Å². The topological polar surface area (TPSA) is 69.7 Å². The number of thioether (sulfide) groups is 1. The molecular weight excluding hydrogens is 422 g/mol. The maximum atomic E-state index is 13.4. The molecular formula is C25H33N3O3S. The lowest BCUT2D eigenvalue weighted by atomic mass is 9.97. The molecule has 3 aliphatic rings. The lowest BCUT2D eigenvalue weighted by Gasteiger charge is -2.34. The molecule has 0 unspecified atom stereocenters. The van der Waals surface area contributed by atoms with Crippen molar-refractivity contribution in [2.75, 3.05) is 31.1 Å². The van der Waals surface area contributed by atoms with Crippen LogP contribution < -0.4 is 10.2 Å². The summed E-state index contributed by atoms with van der Waals surface area (Å²) in [6.07, 6.45) is 12.1. The van der Waals surface area contributed by atoms with Gasteiger partial charge in [0.1, 0.15) is 6.54 Å². The summed E-state index contributed by atoms with van der Waals surface area (Å²) in [5.41, 5.74) is 2.13. The number of hydrogen-bond donors (Lipinski definition) is 1. The van der Waals surface area contributed by atoms with Crippen molar-refractivity contribution in [1.29, 1.82) is 0 Å². The van der Waals surface area contributed by atoms with Crippen molar-refractivity contribution in [3.63, 3.8) is 0 Å². The number of benzene rings is 1. The Kier molecular flexibility index (Phi) is 7.90. The lowest BCUT2D eigenvalue weighted by molar-refractivity contribution is -0.135. The third-order valence-corrected chi connectivity index (χ3v) is 7.73. The molecule has 1 aromatic rings. The number of nitrogens with one attached hydrogen (secondary N) is 1. The number of fused-ring (bicyclic) bond motifs is 1. The smallest absolute Gasteiger partial charge is 0.250 e. The van der Waals surface area contributed by atoms with Gasteiger partial charge in [-0.15, -0.1) is 11.8 Å². The maximum Gasteiger partial charge on any atom is 0.250 e. The minimum absolute atomic E-state index is 0.0563. The number of likely N-dealkylation sites (tertiary alicyclic amines) is 1. The molecule has 0 spiro atoms. The molecule has 3 amide bonds. The molecule has 7 heteroatoms. The molecule has 0 aromatic heterocycles. The van der Waals surface area contributed by atoms with E-state index in [4.69, 9.17) is 0 Å². The molecule has 0 radical (unpaired) electrons. The van der Waals surface area contributed by atoms with Gasteiger partial charge in [0.2, 0.25) is 11.8 Å². The summed E-state index contributed by atoms with van der Waals surface area (Å²) in [7, 11) is 0. The zero-order valence-corrected chi connectivity index (χ0v) is 19.5. The highest BCUT2D eigenvalue weighted by Crippen LogP contribution is 2.39. The van der Waals surface area contributed by atoms with Crippen LogP contribution in [0.3, 0.4) is 0 Å². The van der Waals surface area contributed by atoms with E-state index < -0.39 is 5.25 Å². The third kappa shape index (κ3) is 5.55. The fraction of sp³-hybridized carbons (Fsp3) is 0.560. The average molecular weight is 456 g/mol. The van der Waals surface area contributed by atoms with Crippen LogP contribution >= 0.6 is 11.8 Å². The Morgan fingerprint density at radius 2 is 1.81 bits per heavy atom. The van der Waals surface area contributed by atoms with Gasteiger partial charge in [-0.05, 0) is 57.1 Å². The van der Waals surface area contributed by atoms with Crippen LogP contribution in [0.4, 0.5) is 5.69 Å². The number of anilines is 1. The Morgan fingerprint density at radius 1 is 1.03 bits per heavy atom. The Balaban J connectivity index is 1.42. The number of amides is 3. The molecule has 2 heterocycles. The van der Waals surface area contributed by atoms with Gasteiger partial charge in [-0.25, -0.2) is 0 Å². The minimum atomic E-state index is -0.816. The molecule has 1 fully saturated rings. The monoisotopic (exact) mass is 455 g/mol. The number of carbonyl (C=O) groups excluding carboxylic acids is 3. The molecule has 1 atom stereocenters. The maximum absolute atomic E-state index is 13.4. The van der Waals surface area contributed by atoms with Gasteiger partial charge in [-0.3, -0.25) is 14.4 Å². The third-order valence-electron chi connectivity index (χ3n) is 6.49. The molecule has 1 aliphatic carbocycles. The van der Waals surface area contributed by atoms with Crippen LogP contribution in [0.2, 0.25) is 0 Å². The van der Waals surface area contributed by atoms with Gasteiger partial charge in [-0.2, -0.15) is 0 Å². The van der Waals surface area contributed by atoms with Gasteiger partial charge in [-0.1, -0.05) is 36.6 Å². The summed E-state index contributed by atoms with van der Waals surface area (Å²) < 4.78 is 0. The van der Waals surface area contributed by atoms with Crippen LogP contribution in [0.1, 0.15) is 57.8 Å². The zero-order valence-electron chi connectivity index (χ0n) is 18.7. The van der Waals surface area contributed by atoms with Crippen LogP contribution in [0.5, 0.6) is 0 Å². The quantitative estimate of drug-likeness (QED) is 0.522. The van der Waals surface area contributed by atoms with E-state index in [1.54, 1.807) is 0 Å². The van der Waals surface area contributed by atoms with Gasteiger partial charge < -0.3 is 15.1 Å². The molecule has 172 valence electrons. The molecule has 0 bridgehead atoms. The van der Waals surface area contributed by atoms with E-state index in [-0.39, 0.29) is 24.3 Å². The number of hydrogen-bond acceptors (Lipinski definition) is 4. The number of para-hydroxylation sites is 1. The molecule has 1 saturated heterocycles. The highest BCUT2D eigenvalue weighted by atomic mass is 32.2. The van der Waals surface area contributed by atoms with Crippen LogP contribution in [-0.2, 0) is 14.4 Å². The minimum Gasteiger partial charge on any atom is -0.354 e. The highest BCUT2D eigenvalue weighted by molar-refractivity contribution is 8.01. The SMILES string of the molecule is O=C(CN1C(=O)[C@H](C(=O)N2CCCCCC2)Sc2ccccc21)NCCC1=CCCCC1. The number of allylic oxidation sites excluding steroid dienone is 1. The average Bonchev–Trinajstić information content (AvgIpc) is 3.11. The predicted octanol–water partition coefficient (Wildman–Crippen LogP) is 3.90. The van der Waals surface area contributed by atoms with E-state index in [0.29, 0.717) is 25.3 Å². The van der Waals surface area contributed by atoms with Crippen molar-refractivity contribution in [1.82, 2.24) is 10.2 Å². The molecule has 1 aromatic carbocycles. The molecule has 1 N–H and O–H groups in total. The van der Waals surface area contributed by atoms with Crippen LogP contribution in [0, 0.1) is 0 Å². The summed E-state index contributed by atoms with van der Waals surface area (Å²) in [4.78, 5) is 43.6. The van der Waals surface area contributed by atoms with Crippen molar-refractivity contribution in [3.05, 3.63) is 35.9 Å². The first kappa shape index (κ1) is 22.9. The molecule has 32 heavy (non-hydrogen) atoms. The second-order valence-corrected chi connectivity index (χ2v) is 9.98. The predicted molar refractivity (Wildman–Crippen MR) is 128 cm³/mol. The number of carbonyl (C=O) groups is 3. The van der Waals surface area contributed by atoms with Crippen molar-refractivity contribution < 1.29 is 14.4 Å². The van der Waals surface area contributed by atoms with Gasteiger partial charge in [0.15, 0.2) is 5.25 Å². The fourth-order valence-electron chi connectivity index (χ4n) is 4.69.